The lowest BCUT2D eigenvalue weighted by Gasteiger charge is -2.28. The van der Waals surface area contributed by atoms with Gasteiger partial charge in [0.25, 0.3) is 0 Å². The maximum atomic E-state index is 11.3. The molecular formula is C8H11NO4. The number of hydrogen-bond acceptors (Lipinski definition) is 4. The Bertz CT molecular complexity index is 265. The second kappa shape index (κ2) is 2.70. The first-order valence-corrected chi connectivity index (χ1v) is 4.21. The van der Waals surface area contributed by atoms with E-state index in [-0.39, 0.29) is 11.8 Å². The summed E-state index contributed by atoms with van der Waals surface area (Å²) in [5.74, 6) is 0.0198. The molecule has 0 aromatic heterocycles. The molecule has 3 atom stereocenters. The fraction of sp³-hybridized carbons (Fsp3) is 0.750. The van der Waals surface area contributed by atoms with E-state index < -0.39 is 18.5 Å². The first-order valence-electron chi connectivity index (χ1n) is 4.21. The third kappa shape index (κ3) is 1.19. The second-order valence-corrected chi connectivity index (χ2v) is 3.38. The van der Waals surface area contributed by atoms with Crippen LogP contribution in [0.1, 0.15) is 13.3 Å². The molecule has 5 heteroatoms. The second-order valence-electron chi connectivity index (χ2n) is 3.38. The van der Waals surface area contributed by atoms with Crippen molar-refractivity contribution in [2.24, 2.45) is 0 Å². The molecule has 1 amide bonds. The summed E-state index contributed by atoms with van der Waals surface area (Å²) in [7, 11) is 1.61. The summed E-state index contributed by atoms with van der Waals surface area (Å²) in [6.45, 7) is 1.67. The van der Waals surface area contributed by atoms with E-state index in [1.165, 1.54) is 4.90 Å². The Morgan fingerprint density at radius 3 is 2.85 bits per heavy atom. The zero-order valence-corrected chi connectivity index (χ0v) is 7.52. The first kappa shape index (κ1) is 8.50. The Morgan fingerprint density at radius 2 is 2.15 bits per heavy atom. The minimum absolute atomic E-state index is 0.0198. The SMILES string of the molecule is C[C@H]1O[C@H]2OC(=O)N(C)[C@H]2CC1=O. The van der Waals surface area contributed by atoms with Crippen LogP contribution in [0.2, 0.25) is 0 Å². The van der Waals surface area contributed by atoms with E-state index in [0.29, 0.717) is 6.42 Å². The Morgan fingerprint density at radius 1 is 1.46 bits per heavy atom. The summed E-state index contributed by atoms with van der Waals surface area (Å²) in [5.41, 5.74) is 0. The van der Waals surface area contributed by atoms with E-state index in [0.717, 1.165) is 0 Å². The molecule has 2 fully saturated rings. The molecule has 0 aromatic carbocycles. The molecule has 0 aromatic rings. The lowest BCUT2D eigenvalue weighted by atomic mass is 10.0. The van der Waals surface area contributed by atoms with E-state index in [9.17, 15) is 9.59 Å². The molecule has 13 heavy (non-hydrogen) atoms. The van der Waals surface area contributed by atoms with Gasteiger partial charge in [0.1, 0.15) is 12.1 Å². The summed E-state index contributed by atoms with van der Waals surface area (Å²) >= 11 is 0. The number of ether oxygens (including phenoxy) is 2. The van der Waals surface area contributed by atoms with Crippen molar-refractivity contribution >= 4 is 11.9 Å². The van der Waals surface area contributed by atoms with Gasteiger partial charge in [0, 0.05) is 13.5 Å². The molecule has 0 spiro atoms. The molecule has 0 aliphatic carbocycles. The zero-order chi connectivity index (χ0) is 9.59. The van der Waals surface area contributed by atoms with Gasteiger partial charge in [-0.15, -0.1) is 0 Å². The lowest BCUT2D eigenvalue weighted by molar-refractivity contribution is -0.170. The first-order chi connectivity index (χ1) is 6.09. The van der Waals surface area contributed by atoms with Crippen LogP contribution in [0.15, 0.2) is 0 Å². The van der Waals surface area contributed by atoms with Crippen molar-refractivity contribution in [3.05, 3.63) is 0 Å². The maximum Gasteiger partial charge on any atom is 0.412 e. The molecule has 2 aliphatic heterocycles. The molecule has 72 valence electrons. The Balaban J connectivity index is 2.16. The van der Waals surface area contributed by atoms with Crippen LogP contribution in [0, 0.1) is 0 Å². The number of likely N-dealkylation sites (N-methyl/N-ethyl adjacent to an activating group) is 1. The number of carbonyl (C=O) groups is 2. The summed E-state index contributed by atoms with van der Waals surface area (Å²) in [6, 6.07) is -0.240. The van der Waals surface area contributed by atoms with Gasteiger partial charge in [0.2, 0.25) is 6.29 Å². The molecule has 0 saturated carbocycles. The largest absolute Gasteiger partial charge is 0.417 e. The topological polar surface area (TPSA) is 55.8 Å². The molecule has 2 aliphatic rings. The molecule has 0 bridgehead atoms. The van der Waals surface area contributed by atoms with Crippen LogP contribution >= 0.6 is 0 Å². The molecule has 2 saturated heterocycles. The number of ketones is 1. The normalized spacial score (nSPS) is 38.9. The predicted octanol–water partition coefficient (Wildman–Crippen LogP) is 0.141. The maximum absolute atomic E-state index is 11.3. The highest BCUT2D eigenvalue weighted by Crippen LogP contribution is 2.27. The van der Waals surface area contributed by atoms with Gasteiger partial charge in [0.15, 0.2) is 5.78 Å². The summed E-state index contributed by atoms with van der Waals surface area (Å²) in [6.07, 6.45) is -1.11. The minimum Gasteiger partial charge on any atom is -0.417 e. The van der Waals surface area contributed by atoms with Gasteiger partial charge >= 0.3 is 6.09 Å². The van der Waals surface area contributed by atoms with Crippen molar-refractivity contribution in [3.8, 4) is 0 Å². The Kier molecular flexibility index (Phi) is 1.76. The van der Waals surface area contributed by atoms with E-state index in [1.807, 2.05) is 0 Å². The lowest BCUT2D eigenvalue weighted by Crippen LogP contribution is -2.45. The van der Waals surface area contributed by atoms with Crippen molar-refractivity contribution < 1.29 is 19.1 Å². The van der Waals surface area contributed by atoms with Crippen LogP contribution in [0.25, 0.3) is 0 Å². The number of Topliss-reactive ketones (excluding diaryl/α,β-unsaturated/α-hetero) is 1. The number of carbonyl (C=O) groups excluding carboxylic acids is 2. The van der Waals surface area contributed by atoms with Crippen molar-refractivity contribution in [2.45, 2.75) is 31.8 Å². The number of rotatable bonds is 0. The highest BCUT2D eigenvalue weighted by Gasteiger charge is 2.46. The van der Waals surface area contributed by atoms with Gasteiger partial charge in [0.05, 0.1) is 0 Å². The van der Waals surface area contributed by atoms with E-state index >= 15 is 0 Å². The van der Waals surface area contributed by atoms with E-state index in [2.05, 4.69) is 0 Å². The smallest absolute Gasteiger partial charge is 0.412 e. The van der Waals surface area contributed by atoms with Crippen molar-refractivity contribution in [2.75, 3.05) is 7.05 Å². The summed E-state index contributed by atoms with van der Waals surface area (Å²) in [4.78, 5) is 23.7. The minimum atomic E-state index is -0.565. The fourth-order valence-corrected chi connectivity index (χ4v) is 1.58. The Hall–Kier alpha value is -1.10. The molecule has 0 N–H and O–H groups in total. The van der Waals surface area contributed by atoms with Gasteiger partial charge < -0.3 is 14.4 Å². The number of hydrogen-bond donors (Lipinski definition) is 0. The average molecular weight is 185 g/mol. The van der Waals surface area contributed by atoms with Crippen LogP contribution in [0.4, 0.5) is 4.79 Å². The van der Waals surface area contributed by atoms with Gasteiger partial charge in [-0.3, -0.25) is 4.79 Å². The van der Waals surface area contributed by atoms with Crippen molar-refractivity contribution in [3.63, 3.8) is 0 Å². The standard InChI is InChI=1S/C8H11NO4/c1-4-6(10)3-5-7(12-4)13-8(11)9(5)2/h4-5,7H,3H2,1-2H3/t4-,5+,7+/m1/s1. The molecule has 2 heterocycles. The summed E-state index contributed by atoms with van der Waals surface area (Å²) in [5, 5.41) is 0. The van der Waals surface area contributed by atoms with Gasteiger partial charge in [-0.25, -0.2) is 4.79 Å². The predicted molar refractivity (Wildman–Crippen MR) is 42.0 cm³/mol. The summed E-state index contributed by atoms with van der Waals surface area (Å²) < 4.78 is 10.1. The fourth-order valence-electron chi connectivity index (χ4n) is 1.58. The van der Waals surface area contributed by atoms with Crippen LogP contribution in [-0.2, 0) is 14.3 Å². The monoisotopic (exact) mass is 185 g/mol. The van der Waals surface area contributed by atoms with Gasteiger partial charge in [-0.1, -0.05) is 0 Å². The third-order valence-electron chi connectivity index (χ3n) is 2.52. The zero-order valence-electron chi connectivity index (χ0n) is 7.52. The van der Waals surface area contributed by atoms with Crippen LogP contribution < -0.4 is 0 Å². The number of fused-ring (bicyclic) bond motifs is 1. The molecular weight excluding hydrogens is 174 g/mol. The van der Waals surface area contributed by atoms with E-state index in [4.69, 9.17) is 9.47 Å². The van der Waals surface area contributed by atoms with Crippen molar-refractivity contribution in [1.82, 2.24) is 4.90 Å². The molecule has 5 nitrogen and oxygen atoms in total. The van der Waals surface area contributed by atoms with Crippen molar-refractivity contribution in [1.29, 1.82) is 0 Å². The molecule has 0 radical (unpaired) electrons. The highest BCUT2D eigenvalue weighted by molar-refractivity contribution is 5.85. The third-order valence-corrected chi connectivity index (χ3v) is 2.52. The average Bonchev–Trinajstić information content (AvgIpc) is 2.32. The Labute approximate surface area is 75.6 Å². The van der Waals surface area contributed by atoms with Gasteiger partial charge in [-0.05, 0) is 6.92 Å². The van der Waals surface area contributed by atoms with Crippen LogP contribution in [0.5, 0.6) is 0 Å². The number of nitrogens with zero attached hydrogens (tertiary/aromatic N) is 1. The number of amides is 1. The van der Waals surface area contributed by atoms with Crippen LogP contribution in [-0.4, -0.2) is 42.3 Å². The molecule has 0 unspecified atom stereocenters. The van der Waals surface area contributed by atoms with E-state index in [1.54, 1.807) is 14.0 Å². The van der Waals surface area contributed by atoms with Crippen LogP contribution in [0.3, 0.4) is 0 Å². The quantitative estimate of drug-likeness (QED) is 0.538. The van der Waals surface area contributed by atoms with Gasteiger partial charge in [-0.2, -0.15) is 0 Å². The highest BCUT2D eigenvalue weighted by atomic mass is 16.7. The molecule has 2 rings (SSSR count).